The lowest BCUT2D eigenvalue weighted by atomic mass is 10.1. The molecule has 0 fully saturated rings. The van der Waals surface area contributed by atoms with Crippen LogP contribution in [0.15, 0.2) is 42.5 Å². The van der Waals surface area contributed by atoms with E-state index in [0.29, 0.717) is 16.3 Å². The van der Waals surface area contributed by atoms with Crippen molar-refractivity contribution in [2.75, 3.05) is 0 Å². The van der Waals surface area contributed by atoms with E-state index in [1.165, 1.54) is 6.92 Å². The molecule has 0 aliphatic carbocycles. The molecule has 0 radical (unpaired) electrons. The highest BCUT2D eigenvalue weighted by Crippen LogP contribution is 2.32. The van der Waals surface area contributed by atoms with Crippen molar-refractivity contribution in [3.05, 3.63) is 56.6 Å². The predicted octanol–water partition coefficient (Wildman–Crippen LogP) is 4.94. The highest BCUT2D eigenvalue weighted by Gasteiger charge is 2.08. The van der Waals surface area contributed by atoms with Crippen LogP contribution in [0, 0.1) is 3.57 Å². The van der Waals surface area contributed by atoms with Gasteiger partial charge in [0.05, 0.1) is 8.59 Å². The first kappa shape index (κ1) is 13.4. The standard InChI is InChI=1S/C14H10ClIO2/c1-9(17)10-6-7-13(11(15)8-10)18-14-5-3-2-4-12(14)16/h2-8H,1H3. The number of hydrogen-bond acceptors (Lipinski definition) is 2. The minimum Gasteiger partial charge on any atom is -0.455 e. The van der Waals surface area contributed by atoms with E-state index >= 15 is 0 Å². The molecule has 0 N–H and O–H groups in total. The third-order valence-electron chi connectivity index (χ3n) is 2.39. The van der Waals surface area contributed by atoms with Gasteiger partial charge in [-0.15, -0.1) is 0 Å². The number of benzene rings is 2. The van der Waals surface area contributed by atoms with E-state index < -0.39 is 0 Å². The van der Waals surface area contributed by atoms with Crippen molar-refractivity contribution in [3.8, 4) is 11.5 Å². The lowest BCUT2D eigenvalue weighted by Crippen LogP contribution is -1.93. The van der Waals surface area contributed by atoms with E-state index in [1.54, 1.807) is 18.2 Å². The summed E-state index contributed by atoms with van der Waals surface area (Å²) in [6.07, 6.45) is 0. The van der Waals surface area contributed by atoms with Crippen LogP contribution in [0.5, 0.6) is 11.5 Å². The van der Waals surface area contributed by atoms with Crippen molar-refractivity contribution in [1.29, 1.82) is 0 Å². The van der Waals surface area contributed by atoms with Gasteiger partial charge in [0.15, 0.2) is 5.78 Å². The molecule has 0 bridgehead atoms. The van der Waals surface area contributed by atoms with Crippen molar-refractivity contribution in [2.45, 2.75) is 6.92 Å². The third-order valence-corrected chi connectivity index (χ3v) is 3.58. The summed E-state index contributed by atoms with van der Waals surface area (Å²) < 4.78 is 6.73. The van der Waals surface area contributed by atoms with E-state index in [-0.39, 0.29) is 5.78 Å². The molecule has 2 rings (SSSR count). The Labute approximate surface area is 124 Å². The Morgan fingerprint density at radius 2 is 1.89 bits per heavy atom. The summed E-state index contributed by atoms with van der Waals surface area (Å²) in [6.45, 7) is 1.51. The van der Waals surface area contributed by atoms with Gasteiger partial charge in [-0.05, 0) is 59.8 Å². The summed E-state index contributed by atoms with van der Waals surface area (Å²) in [5.41, 5.74) is 0.579. The number of carbonyl (C=O) groups excluding carboxylic acids is 1. The molecule has 18 heavy (non-hydrogen) atoms. The Morgan fingerprint density at radius 1 is 1.17 bits per heavy atom. The number of carbonyl (C=O) groups is 1. The van der Waals surface area contributed by atoms with E-state index in [4.69, 9.17) is 16.3 Å². The zero-order chi connectivity index (χ0) is 13.1. The van der Waals surface area contributed by atoms with Crippen LogP contribution in [0.4, 0.5) is 0 Å². The fourth-order valence-electron chi connectivity index (χ4n) is 1.45. The first-order valence-electron chi connectivity index (χ1n) is 5.31. The summed E-state index contributed by atoms with van der Waals surface area (Å²) >= 11 is 8.29. The van der Waals surface area contributed by atoms with Crippen LogP contribution in [0.1, 0.15) is 17.3 Å². The third kappa shape index (κ3) is 3.03. The van der Waals surface area contributed by atoms with Crippen LogP contribution in [0.25, 0.3) is 0 Å². The molecule has 2 nitrogen and oxygen atoms in total. The SMILES string of the molecule is CC(=O)c1ccc(Oc2ccccc2I)c(Cl)c1. The van der Waals surface area contributed by atoms with Crippen LogP contribution in [0.3, 0.4) is 0 Å². The second kappa shape index (κ2) is 5.71. The van der Waals surface area contributed by atoms with Crippen molar-refractivity contribution in [1.82, 2.24) is 0 Å². The quantitative estimate of drug-likeness (QED) is 0.563. The maximum atomic E-state index is 11.2. The minimum atomic E-state index is -0.0160. The van der Waals surface area contributed by atoms with Gasteiger partial charge < -0.3 is 4.74 Å². The van der Waals surface area contributed by atoms with Gasteiger partial charge >= 0.3 is 0 Å². The molecule has 0 spiro atoms. The number of ether oxygens (including phenoxy) is 1. The fraction of sp³-hybridized carbons (Fsp3) is 0.0714. The molecular weight excluding hydrogens is 363 g/mol. The zero-order valence-corrected chi connectivity index (χ0v) is 12.5. The van der Waals surface area contributed by atoms with Crippen LogP contribution in [0.2, 0.25) is 5.02 Å². The summed E-state index contributed by atoms with van der Waals surface area (Å²) in [6, 6.07) is 12.7. The first-order chi connectivity index (χ1) is 8.58. The lowest BCUT2D eigenvalue weighted by Gasteiger charge is -2.09. The van der Waals surface area contributed by atoms with Gasteiger partial charge in [-0.1, -0.05) is 23.7 Å². The van der Waals surface area contributed by atoms with Crippen molar-refractivity contribution < 1.29 is 9.53 Å². The summed E-state index contributed by atoms with van der Waals surface area (Å²) in [5.74, 6) is 1.28. The fourth-order valence-corrected chi connectivity index (χ4v) is 2.17. The summed E-state index contributed by atoms with van der Waals surface area (Å²) in [5, 5.41) is 0.433. The number of para-hydroxylation sites is 1. The monoisotopic (exact) mass is 372 g/mol. The summed E-state index contributed by atoms with van der Waals surface area (Å²) in [7, 11) is 0. The maximum absolute atomic E-state index is 11.2. The largest absolute Gasteiger partial charge is 0.455 e. The molecule has 2 aromatic carbocycles. The van der Waals surface area contributed by atoms with Gasteiger partial charge in [-0.25, -0.2) is 0 Å². The highest BCUT2D eigenvalue weighted by molar-refractivity contribution is 14.1. The Kier molecular flexibility index (Phi) is 4.24. The molecule has 0 unspecified atom stereocenters. The Morgan fingerprint density at radius 3 is 2.50 bits per heavy atom. The van der Waals surface area contributed by atoms with Gasteiger partial charge in [-0.3, -0.25) is 4.79 Å². The average Bonchev–Trinajstić information content (AvgIpc) is 2.34. The molecule has 2 aromatic rings. The molecule has 0 saturated carbocycles. The summed E-state index contributed by atoms with van der Waals surface area (Å²) in [4.78, 5) is 11.2. The molecule has 0 aliphatic heterocycles. The van der Waals surface area contributed by atoms with Gasteiger partial charge in [0.1, 0.15) is 11.5 Å². The zero-order valence-electron chi connectivity index (χ0n) is 9.61. The highest BCUT2D eigenvalue weighted by atomic mass is 127. The molecule has 0 amide bonds. The smallest absolute Gasteiger partial charge is 0.159 e. The first-order valence-corrected chi connectivity index (χ1v) is 6.76. The number of Topliss-reactive ketones (excluding diaryl/α,β-unsaturated/α-hetero) is 1. The molecule has 0 heterocycles. The second-order valence-corrected chi connectivity index (χ2v) is 5.30. The predicted molar refractivity (Wildman–Crippen MR) is 80.7 cm³/mol. The number of hydrogen-bond donors (Lipinski definition) is 0. The minimum absolute atomic E-state index is 0.0160. The average molecular weight is 373 g/mol. The normalized spacial score (nSPS) is 10.2. The molecule has 0 aromatic heterocycles. The molecule has 0 atom stereocenters. The van der Waals surface area contributed by atoms with Gasteiger partial charge in [-0.2, -0.15) is 0 Å². The van der Waals surface area contributed by atoms with Crippen molar-refractivity contribution in [3.63, 3.8) is 0 Å². The van der Waals surface area contributed by atoms with E-state index in [0.717, 1.165) is 9.32 Å². The Balaban J connectivity index is 2.30. The number of halogens is 2. The molecule has 92 valence electrons. The van der Waals surface area contributed by atoms with E-state index in [9.17, 15) is 4.79 Å². The molecule has 0 aliphatic rings. The second-order valence-electron chi connectivity index (χ2n) is 3.73. The maximum Gasteiger partial charge on any atom is 0.159 e. The van der Waals surface area contributed by atoms with Gasteiger partial charge in [0, 0.05) is 5.56 Å². The van der Waals surface area contributed by atoms with Crippen LogP contribution in [-0.4, -0.2) is 5.78 Å². The van der Waals surface area contributed by atoms with Crippen molar-refractivity contribution in [2.24, 2.45) is 0 Å². The van der Waals surface area contributed by atoms with Crippen molar-refractivity contribution >= 4 is 40.0 Å². The Hall–Kier alpha value is -1.07. The van der Waals surface area contributed by atoms with E-state index in [1.807, 2.05) is 24.3 Å². The van der Waals surface area contributed by atoms with Crippen LogP contribution in [-0.2, 0) is 0 Å². The van der Waals surface area contributed by atoms with Crippen LogP contribution >= 0.6 is 34.2 Å². The number of ketones is 1. The van der Waals surface area contributed by atoms with Gasteiger partial charge in [0.2, 0.25) is 0 Å². The Bertz CT molecular complexity index is 596. The molecule has 4 heteroatoms. The molecule has 0 saturated heterocycles. The number of rotatable bonds is 3. The van der Waals surface area contributed by atoms with E-state index in [2.05, 4.69) is 22.6 Å². The van der Waals surface area contributed by atoms with Crippen LogP contribution < -0.4 is 4.74 Å². The topological polar surface area (TPSA) is 26.3 Å². The molecular formula is C14H10ClIO2. The van der Waals surface area contributed by atoms with Gasteiger partial charge in [0.25, 0.3) is 0 Å². The lowest BCUT2D eigenvalue weighted by molar-refractivity contribution is 0.101.